The van der Waals surface area contributed by atoms with E-state index >= 15 is 0 Å². The van der Waals surface area contributed by atoms with Crippen LogP contribution in [0.4, 0.5) is 4.79 Å². The molecule has 0 radical (unpaired) electrons. The highest BCUT2D eigenvalue weighted by Crippen LogP contribution is 2.28. The van der Waals surface area contributed by atoms with Crippen molar-refractivity contribution in [2.75, 3.05) is 13.6 Å². The Labute approximate surface area is 229 Å². The van der Waals surface area contributed by atoms with Gasteiger partial charge in [0, 0.05) is 19.0 Å². The number of hydrogen-bond acceptors (Lipinski definition) is 7. The van der Waals surface area contributed by atoms with Crippen molar-refractivity contribution >= 4 is 23.9 Å². The molecular formula is C29H39N3O7. The zero-order valence-electron chi connectivity index (χ0n) is 23.6. The van der Waals surface area contributed by atoms with Gasteiger partial charge in [0.1, 0.15) is 35.6 Å². The first-order valence-electron chi connectivity index (χ1n) is 12.6. The molecule has 0 aliphatic heterocycles. The van der Waals surface area contributed by atoms with Gasteiger partial charge in [-0.2, -0.15) is 0 Å². The van der Waals surface area contributed by atoms with Crippen LogP contribution in [-0.4, -0.2) is 64.7 Å². The number of aromatic hydroxyl groups is 1. The van der Waals surface area contributed by atoms with Gasteiger partial charge in [-0.3, -0.25) is 9.59 Å². The number of ether oxygens (including phenoxy) is 2. The number of likely N-dealkylation sites (N-methyl/N-ethyl adjacent to an activating group) is 1. The zero-order valence-corrected chi connectivity index (χ0v) is 23.6. The number of alkyl carbamates (subject to hydrolysis) is 1. The third-order valence-electron chi connectivity index (χ3n) is 5.33. The molecule has 0 heterocycles. The quantitative estimate of drug-likeness (QED) is 0.414. The number of esters is 1. The van der Waals surface area contributed by atoms with Crippen LogP contribution in [0.5, 0.6) is 5.75 Å². The normalized spacial score (nSPS) is 13.0. The summed E-state index contributed by atoms with van der Waals surface area (Å²) in [5, 5.41) is 15.6. The van der Waals surface area contributed by atoms with Crippen molar-refractivity contribution in [3.63, 3.8) is 0 Å². The number of nitrogens with zero attached hydrogens (tertiary/aromatic N) is 1. The number of para-hydroxylation sites is 1. The first kappa shape index (κ1) is 31.1. The van der Waals surface area contributed by atoms with Crippen molar-refractivity contribution in [1.29, 1.82) is 0 Å². The Morgan fingerprint density at radius 2 is 1.44 bits per heavy atom. The van der Waals surface area contributed by atoms with Gasteiger partial charge < -0.3 is 30.1 Å². The Morgan fingerprint density at radius 1 is 0.872 bits per heavy atom. The third kappa shape index (κ3) is 10.3. The maximum atomic E-state index is 13.7. The highest BCUT2D eigenvalue weighted by atomic mass is 16.6. The van der Waals surface area contributed by atoms with Crippen LogP contribution in [-0.2, 0) is 30.3 Å². The molecule has 10 nitrogen and oxygen atoms in total. The lowest BCUT2D eigenvalue weighted by molar-refractivity contribution is -0.159. The highest BCUT2D eigenvalue weighted by molar-refractivity contribution is 5.93. The number of nitrogens with one attached hydrogen (secondary N) is 2. The third-order valence-corrected chi connectivity index (χ3v) is 5.33. The molecule has 0 aliphatic rings. The van der Waals surface area contributed by atoms with Crippen molar-refractivity contribution in [3.8, 4) is 5.75 Å². The van der Waals surface area contributed by atoms with Gasteiger partial charge in [0.05, 0.1) is 0 Å². The second kappa shape index (κ2) is 13.1. The van der Waals surface area contributed by atoms with Gasteiger partial charge in [0.15, 0.2) is 0 Å². The number of rotatable bonds is 9. The summed E-state index contributed by atoms with van der Waals surface area (Å²) in [6, 6.07) is 12.8. The second-order valence-corrected chi connectivity index (χ2v) is 11.1. The zero-order chi connectivity index (χ0) is 29.4. The fraction of sp³-hybridized carbons (Fsp3) is 0.448. The summed E-state index contributed by atoms with van der Waals surface area (Å²) in [5.74, 6) is -2.19. The van der Waals surface area contributed by atoms with Crippen LogP contribution >= 0.6 is 0 Å². The smallest absolute Gasteiger partial charge is 0.408 e. The van der Waals surface area contributed by atoms with Crippen molar-refractivity contribution in [1.82, 2.24) is 15.5 Å². The van der Waals surface area contributed by atoms with E-state index in [-0.39, 0.29) is 17.7 Å². The molecule has 3 amide bonds. The summed E-state index contributed by atoms with van der Waals surface area (Å²) in [5.41, 5.74) is -0.620. The summed E-state index contributed by atoms with van der Waals surface area (Å²) < 4.78 is 10.7. The van der Waals surface area contributed by atoms with E-state index in [2.05, 4.69) is 10.6 Å². The van der Waals surface area contributed by atoms with Crippen LogP contribution in [0.3, 0.4) is 0 Å². The molecule has 0 saturated carbocycles. The molecule has 10 heteroatoms. The van der Waals surface area contributed by atoms with Crippen LogP contribution in [0.2, 0.25) is 0 Å². The molecule has 3 N–H and O–H groups in total. The minimum absolute atomic E-state index is 0.144. The van der Waals surface area contributed by atoms with Crippen molar-refractivity contribution in [3.05, 3.63) is 65.7 Å². The number of hydrogen-bond donors (Lipinski definition) is 3. The Kier molecular flexibility index (Phi) is 10.5. The topological polar surface area (TPSA) is 134 Å². The van der Waals surface area contributed by atoms with E-state index in [1.54, 1.807) is 53.7 Å². The number of benzene rings is 2. The van der Waals surface area contributed by atoms with Crippen molar-refractivity contribution in [2.24, 2.45) is 0 Å². The average molecular weight is 542 g/mol. The van der Waals surface area contributed by atoms with Crippen LogP contribution in [0, 0.1) is 0 Å². The Morgan fingerprint density at radius 3 is 2.00 bits per heavy atom. The number of carbonyl (C=O) groups is 4. The van der Waals surface area contributed by atoms with E-state index < -0.39 is 53.7 Å². The Hall–Kier alpha value is -4.08. The highest BCUT2D eigenvalue weighted by Gasteiger charge is 2.35. The fourth-order valence-corrected chi connectivity index (χ4v) is 3.64. The largest absolute Gasteiger partial charge is 0.508 e. The van der Waals surface area contributed by atoms with E-state index in [1.165, 1.54) is 19.2 Å². The predicted molar refractivity (Wildman–Crippen MR) is 146 cm³/mol. The molecular weight excluding hydrogens is 502 g/mol. The SMILES string of the molecule is CN(C(=O)CNC(=O)OC(C)(C)C)C(C(=O)NC(Cc1ccccc1)C(=O)OC(C)(C)C)c1ccccc1O. The molecule has 0 saturated heterocycles. The summed E-state index contributed by atoms with van der Waals surface area (Å²) in [6.07, 6.45) is -0.645. The first-order chi connectivity index (χ1) is 18.1. The molecule has 0 aliphatic carbocycles. The molecule has 0 spiro atoms. The van der Waals surface area contributed by atoms with Gasteiger partial charge in [-0.15, -0.1) is 0 Å². The van der Waals surface area contributed by atoms with Gasteiger partial charge in [0.25, 0.3) is 0 Å². The minimum atomic E-state index is -1.32. The number of carbonyl (C=O) groups excluding carboxylic acids is 4. The average Bonchev–Trinajstić information content (AvgIpc) is 2.82. The lowest BCUT2D eigenvalue weighted by atomic mass is 10.0. The molecule has 2 aromatic rings. The molecule has 39 heavy (non-hydrogen) atoms. The van der Waals surface area contributed by atoms with Crippen LogP contribution < -0.4 is 10.6 Å². The monoisotopic (exact) mass is 541 g/mol. The van der Waals surface area contributed by atoms with Gasteiger partial charge in [-0.25, -0.2) is 9.59 Å². The van der Waals surface area contributed by atoms with E-state index in [0.29, 0.717) is 0 Å². The summed E-state index contributed by atoms with van der Waals surface area (Å²) in [6.45, 7) is 9.78. The van der Waals surface area contributed by atoms with Crippen LogP contribution in [0.25, 0.3) is 0 Å². The van der Waals surface area contributed by atoms with Gasteiger partial charge >= 0.3 is 12.1 Å². The van der Waals surface area contributed by atoms with E-state index in [4.69, 9.17) is 9.47 Å². The molecule has 212 valence electrons. The summed E-state index contributed by atoms with van der Waals surface area (Å²) >= 11 is 0. The Bertz CT molecular complexity index is 1150. The van der Waals surface area contributed by atoms with Crippen LogP contribution in [0.15, 0.2) is 54.6 Å². The summed E-state index contributed by atoms with van der Waals surface area (Å²) in [4.78, 5) is 53.0. The Balaban J connectivity index is 2.33. The fourth-order valence-electron chi connectivity index (χ4n) is 3.64. The first-order valence-corrected chi connectivity index (χ1v) is 12.6. The van der Waals surface area contributed by atoms with E-state index in [0.717, 1.165) is 10.5 Å². The van der Waals surface area contributed by atoms with Crippen molar-refractivity contribution in [2.45, 2.75) is 71.2 Å². The molecule has 0 aromatic heterocycles. The maximum absolute atomic E-state index is 13.7. The lowest BCUT2D eigenvalue weighted by Crippen LogP contribution is -2.51. The standard InChI is InChI=1S/C29H39N3O7/c1-28(2,3)38-26(36)21(17-19-13-9-8-10-14-19)31-25(35)24(20-15-11-12-16-22(20)33)32(7)23(34)18-30-27(37)39-29(4,5)6/h8-16,21,24,33H,17-18H2,1-7H3,(H,30,37)(H,31,35). The van der Waals surface area contributed by atoms with E-state index in [9.17, 15) is 24.3 Å². The van der Waals surface area contributed by atoms with Crippen molar-refractivity contribution < 1.29 is 33.8 Å². The predicted octanol–water partition coefficient (Wildman–Crippen LogP) is 3.49. The maximum Gasteiger partial charge on any atom is 0.408 e. The van der Waals surface area contributed by atoms with E-state index in [1.807, 2.05) is 30.3 Å². The molecule has 2 atom stereocenters. The minimum Gasteiger partial charge on any atom is -0.508 e. The van der Waals surface area contributed by atoms with Crippen LogP contribution in [0.1, 0.15) is 58.7 Å². The summed E-state index contributed by atoms with van der Waals surface area (Å²) in [7, 11) is 1.37. The number of phenols is 1. The number of phenolic OH excluding ortho intramolecular Hbond substituents is 1. The molecule has 2 rings (SSSR count). The molecule has 0 bridgehead atoms. The molecule has 2 unspecified atom stereocenters. The van der Waals surface area contributed by atoms with Gasteiger partial charge in [-0.05, 0) is 53.2 Å². The second-order valence-electron chi connectivity index (χ2n) is 11.1. The molecule has 2 aromatic carbocycles. The van der Waals surface area contributed by atoms with Gasteiger partial charge in [0.2, 0.25) is 11.8 Å². The lowest BCUT2D eigenvalue weighted by Gasteiger charge is -2.31. The van der Waals surface area contributed by atoms with Gasteiger partial charge in [-0.1, -0.05) is 48.5 Å². The number of amides is 3. The molecule has 0 fully saturated rings.